The lowest BCUT2D eigenvalue weighted by Gasteiger charge is -2.30. The zero-order valence-electron chi connectivity index (χ0n) is 11.2. The lowest BCUT2D eigenvalue weighted by atomic mass is 10.1. The Bertz CT molecular complexity index is 226. The zero-order valence-corrected chi connectivity index (χ0v) is 11.2. The van der Waals surface area contributed by atoms with Crippen LogP contribution in [0.4, 0.5) is 0 Å². The SMILES string of the molecule is C=C(CCN(C(C)C)C(C)C)C(=O)OCC. The first-order valence-corrected chi connectivity index (χ1v) is 6.00. The molecule has 0 aromatic carbocycles. The summed E-state index contributed by atoms with van der Waals surface area (Å²) >= 11 is 0. The number of rotatable bonds is 7. The van der Waals surface area contributed by atoms with Gasteiger partial charge in [0.25, 0.3) is 0 Å². The highest BCUT2D eigenvalue weighted by atomic mass is 16.5. The molecular formula is C13H25NO2. The summed E-state index contributed by atoms with van der Waals surface area (Å²) in [5.41, 5.74) is 0.563. The van der Waals surface area contributed by atoms with Crippen LogP contribution < -0.4 is 0 Å². The van der Waals surface area contributed by atoms with E-state index in [9.17, 15) is 4.79 Å². The van der Waals surface area contributed by atoms with E-state index in [1.165, 1.54) is 0 Å². The van der Waals surface area contributed by atoms with Gasteiger partial charge in [-0.15, -0.1) is 0 Å². The quantitative estimate of drug-likeness (QED) is 0.494. The van der Waals surface area contributed by atoms with E-state index in [0.29, 0.717) is 30.7 Å². The van der Waals surface area contributed by atoms with Crippen molar-refractivity contribution < 1.29 is 9.53 Å². The van der Waals surface area contributed by atoms with Crippen molar-refractivity contribution >= 4 is 5.97 Å². The zero-order chi connectivity index (χ0) is 12.7. The normalized spacial score (nSPS) is 11.2. The van der Waals surface area contributed by atoms with Crippen LogP contribution in [-0.2, 0) is 9.53 Å². The first kappa shape index (κ1) is 15.2. The molecule has 0 aromatic rings. The van der Waals surface area contributed by atoms with Gasteiger partial charge in [0.2, 0.25) is 0 Å². The minimum absolute atomic E-state index is 0.269. The van der Waals surface area contributed by atoms with Gasteiger partial charge in [-0.3, -0.25) is 4.90 Å². The Kier molecular flexibility index (Phi) is 7.06. The maximum Gasteiger partial charge on any atom is 0.333 e. The van der Waals surface area contributed by atoms with Crippen LogP contribution in [0.25, 0.3) is 0 Å². The van der Waals surface area contributed by atoms with Crippen LogP contribution in [0.2, 0.25) is 0 Å². The van der Waals surface area contributed by atoms with Crippen LogP contribution >= 0.6 is 0 Å². The van der Waals surface area contributed by atoms with E-state index in [1.54, 1.807) is 6.92 Å². The maximum atomic E-state index is 11.4. The number of hydrogen-bond donors (Lipinski definition) is 0. The summed E-state index contributed by atoms with van der Waals surface area (Å²) in [5, 5.41) is 0. The van der Waals surface area contributed by atoms with Gasteiger partial charge in [0, 0.05) is 24.2 Å². The molecule has 3 heteroatoms. The van der Waals surface area contributed by atoms with E-state index in [0.717, 1.165) is 6.54 Å². The number of hydrogen-bond acceptors (Lipinski definition) is 3. The lowest BCUT2D eigenvalue weighted by Crippen LogP contribution is -2.38. The van der Waals surface area contributed by atoms with Crippen LogP contribution in [0, 0.1) is 0 Å². The molecular weight excluding hydrogens is 202 g/mol. The highest BCUT2D eigenvalue weighted by Crippen LogP contribution is 2.09. The van der Waals surface area contributed by atoms with Gasteiger partial charge >= 0.3 is 5.97 Å². The van der Waals surface area contributed by atoms with Crippen molar-refractivity contribution in [1.29, 1.82) is 0 Å². The summed E-state index contributed by atoms with van der Waals surface area (Å²) in [6, 6.07) is 0.963. The topological polar surface area (TPSA) is 29.5 Å². The van der Waals surface area contributed by atoms with Gasteiger partial charge in [-0.05, 0) is 41.0 Å². The molecule has 0 spiro atoms. The molecule has 0 unspecified atom stereocenters. The smallest absolute Gasteiger partial charge is 0.333 e. The molecule has 0 aliphatic heterocycles. The second-order valence-corrected chi connectivity index (χ2v) is 4.50. The van der Waals surface area contributed by atoms with Crippen molar-refractivity contribution in [2.45, 2.75) is 53.1 Å². The van der Waals surface area contributed by atoms with E-state index in [-0.39, 0.29) is 5.97 Å². The van der Waals surface area contributed by atoms with Crippen LogP contribution in [0.1, 0.15) is 41.0 Å². The molecule has 3 nitrogen and oxygen atoms in total. The average Bonchev–Trinajstić information content (AvgIpc) is 2.16. The second kappa shape index (κ2) is 7.44. The largest absolute Gasteiger partial charge is 0.463 e. The van der Waals surface area contributed by atoms with E-state index in [2.05, 4.69) is 39.2 Å². The van der Waals surface area contributed by atoms with Crippen molar-refractivity contribution in [2.24, 2.45) is 0 Å². The highest BCUT2D eigenvalue weighted by Gasteiger charge is 2.15. The summed E-state index contributed by atoms with van der Waals surface area (Å²) in [6.45, 7) is 15.5. The van der Waals surface area contributed by atoms with Crippen LogP contribution in [0.15, 0.2) is 12.2 Å². The Morgan fingerprint density at radius 2 is 1.75 bits per heavy atom. The van der Waals surface area contributed by atoms with Gasteiger partial charge in [0.15, 0.2) is 0 Å². The molecule has 0 amide bonds. The lowest BCUT2D eigenvalue weighted by molar-refractivity contribution is -0.138. The average molecular weight is 227 g/mol. The number of carbonyl (C=O) groups is 1. The van der Waals surface area contributed by atoms with Gasteiger partial charge in [0.1, 0.15) is 0 Å². The molecule has 0 fully saturated rings. The van der Waals surface area contributed by atoms with Crippen molar-refractivity contribution in [3.05, 3.63) is 12.2 Å². The summed E-state index contributed by atoms with van der Waals surface area (Å²) < 4.78 is 4.90. The first-order chi connectivity index (χ1) is 7.40. The molecule has 0 saturated heterocycles. The number of nitrogens with zero attached hydrogens (tertiary/aromatic N) is 1. The highest BCUT2D eigenvalue weighted by molar-refractivity contribution is 5.87. The van der Waals surface area contributed by atoms with Gasteiger partial charge < -0.3 is 4.74 Å². The summed E-state index contributed by atoms with van der Waals surface area (Å²) in [5.74, 6) is -0.269. The molecule has 0 aliphatic carbocycles. The third-order valence-corrected chi connectivity index (χ3v) is 2.56. The monoisotopic (exact) mass is 227 g/mol. The molecule has 0 bridgehead atoms. The Balaban J connectivity index is 4.11. The number of carbonyl (C=O) groups excluding carboxylic acids is 1. The fourth-order valence-corrected chi connectivity index (χ4v) is 1.71. The van der Waals surface area contributed by atoms with Gasteiger partial charge in [-0.25, -0.2) is 4.79 Å². The van der Waals surface area contributed by atoms with Crippen LogP contribution in [0.3, 0.4) is 0 Å². The molecule has 16 heavy (non-hydrogen) atoms. The van der Waals surface area contributed by atoms with Gasteiger partial charge in [-0.1, -0.05) is 6.58 Å². The molecule has 0 radical (unpaired) electrons. The van der Waals surface area contributed by atoms with E-state index >= 15 is 0 Å². The summed E-state index contributed by atoms with van der Waals surface area (Å²) in [6.07, 6.45) is 0.676. The summed E-state index contributed by atoms with van der Waals surface area (Å²) in [4.78, 5) is 13.7. The molecule has 0 heterocycles. The molecule has 0 atom stereocenters. The molecule has 94 valence electrons. The van der Waals surface area contributed by atoms with Gasteiger partial charge in [0.05, 0.1) is 6.61 Å². The molecule has 0 N–H and O–H groups in total. The third kappa shape index (κ3) is 5.31. The maximum absolute atomic E-state index is 11.4. The number of esters is 1. The van der Waals surface area contributed by atoms with Crippen molar-refractivity contribution in [3.8, 4) is 0 Å². The van der Waals surface area contributed by atoms with Crippen molar-refractivity contribution in [3.63, 3.8) is 0 Å². The fraction of sp³-hybridized carbons (Fsp3) is 0.769. The number of ether oxygens (including phenoxy) is 1. The molecule has 0 rings (SSSR count). The minimum Gasteiger partial charge on any atom is -0.463 e. The molecule has 0 aromatic heterocycles. The predicted octanol–water partition coefficient (Wildman–Crippen LogP) is 2.61. The first-order valence-electron chi connectivity index (χ1n) is 6.00. The molecule has 0 aliphatic rings. The predicted molar refractivity (Wildman–Crippen MR) is 67.4 cm³/mol. The Morgan fingerprint density at radius 1 is 1.25 bits per heavy atom. The van der Waals surface area contributed by atoms with Crippen LogP contribution in [-0.4, -0.2) is 36.1 Å². The molecule has 0 saturated carbocycles. The Hall–Kier alpha value is -0.830. The Labute approximate surface area is 99.5 Å². The van der Waals surface area contributed by atoms with Gasteiger partial charge in [-0.2, -0.15) is 0 Å². The van der Waals surface area contributed by atoms with Crippen LogP contribution in [0.5, 0.6) is 0 Å². The minimum atomic E-state index is -0.269. The van der Waals surface area contributed by atoms with Crippen molar-refractivity contribution in [1.82, 2.24) is 4.90 Å². The summed E-state index contributed by atoms with van der Waals surface area (Å²) in [7, 11) is 0. The van der Waals surface area contributed by atoms with E-state index in [4.69, 9.17) is 4.74 Å². The van der Waals surface area contributed by atoms with E-state index in [1.807, 2.05) is 0 Å². The fourth-order valence-electron chi connectivity index (χ4n) is 1.71. The van der Waals surface area contributed by atoms with Crippen molar-refractivity contribution in [2.75, 3.05) is 13.2 Å². The second-order valence-electron chi connectivity index (χ2n) is 4.50. The van der Waals surface area contributed by atoms with E-state index < -0.39 is 0 Å². The standard InChI is InChI=1S/C13H25NO2/c1-7-16-13(15)12(6)8-9-14(10(2)3)11(4)5/h10-11H,6-9H2,1-5H3. The Morgan fingerprint density at radius 3 is 2.12 bits per heavy atom. The third-order valence-electron chi connectivity index (χ3n) is 2.56.